The first-order chi connectivity index (χ1) is 10.7. The van der Waals surface area contributed by atoms with Crippen LogP contribution in [0.4, 0.5) is 5.82 Å². The van der Waals surface area contributed by atoms with Crippen molar-refractivity contribution < 1.29 is 0 Å². The normalized spacial score (nSPS) is 15.9. The molecule has 4 nitrogen and oxygen atoms in total. The van der Waals surface area contributed by atoms with E-state index in [2.05, 4.69) is 29.5 Å². The molecule has 1 aliphatic carbocycles. The monoisotopic (exact) mass is 294 g/mol. The molecule has 0 spiro atoms. The fourth-order valence-corrected chi connectivity index (χ4v) is 3.86. The summed E-state index contributed by atoms with van der Waals surface area (Å²) in [6.07, 6.45) is 5.08. The van der Waals surface area contributed by atoms with Crippen molar-refractivity contribution in [1.29, 1.82) is 0 Å². The van der Waals surface area contributed by atoms with Gasteiger partial charge in [0, 0.05) is 11.7 Å². The summed E-state index contributed by atoms with van der Waals surface area (Å²) in [7, 11) is 0. The maximum atomic E-state index is 6.54. The van der Waals surface area contributed by atoms with Crippen LogP contribution < -0.4 is 5.73 Å². The molecule has 3 aromatic rings. The van der Waals surface area contributed by atoms with Crippen LogP contribution in [0.5, 0.6) is 0 Å². The predicted octanol–water partition coefficient (Wildman–Crippen LogP) is 4.35. The zero-order valence-electron chi connectivity index (χ0n) is 13.2. The summed E-state index contributed by atoms with van der Waals surface area (Å²) in [5.41, 5.74) is 12.2. The lowest BCUT2D eigenvalue weighted by Crippen LogP contribution is -2.10. The molecule has 0 saturated heterocycles. The first kappa shape index (κ1) is 13.4. The summed E-state index contributed by atoms with van der Waals surface area (Å²) < 4.78 is 2.34. The molecule has 1 saturated carbocycles. The minimum atomic E-state index is 0.553. The maximum Gasteiger partial charge on any atom is 0.142 e. The van der Waals surface area contributed by atoms with Gasteiger partial charge in [0.05, 0.1) is 16.6 Å². The van der Waals surface area contributed by atoms with Gasteiger partial charge in [0.2, 0.25) is 0 Å². The van der Waals surface area contributed by atoms with E-state index in [4.69, 9.17) is 10.7 Å². The summed E-state index contributed by atoms with van der Waals surface area (Å²) >= 11 is 0. The second-order valence-electron chi connectivity index (χ2n) is 6.38. The fraction of sp³-hybridized carbons (Fsp3) is 0.389. The molecule has 1 aliphatic rings. The Labute approximate surface area is 130 Å². The molecule has 1 fully saturated rings. The second kappa shape index (κ2) is 4.90. The summed E-state index contributed by atoms with van der Waals surface area (Å²) in [4.78, 5) is 8.16. The fourth-order valence-electron chi connectivity index (χ4n) is 3.86. The van der Waals surface area contributed by atoms with Crippen LogP contribution in [-0.2, 0) is 0 Å². The van der Waals surface area contributed by atoms with Gasteiger partial charge in [-0.2, -0.15) is 0 Å². The summed E-state index contributed by atoms with van der Waals surface area (Å²) in [5, 5.41) is 0. The third-order valence-electron chi connectivity index (χ3n) is 5.11. The predicted molar refractivity (Wildman–Crippen MR) is 90.9 cm³/mol. The molecule has 114 valence electrons. The van der Waals surface area contributed by atoms with Gasteiger partial charge >= 0.3 is 0 Å². The van der Waals surface area contributed by atoms with Crippen molar-refractivity contribution in [2.24, 2.45) is 0 Å². The zero-order valence-corrected chi connectivity index (χ0v) is 13.2. The number of aromatic nitrogens is 3. The van der Waals surface area contributed by atoms with Crippen molar-refractivity contribution in [2.75, 3.05) is 5.73 Å². The molecule has 1 aromatic carbocycles. The van der Waals surface area contributed by atoms with Crippen LogP contribution in [0.1, 0.15) is 43.0 Å². The Kier molecular flexibility index (Phi) is 2.99. The Morgan fingerprint density at radius 1 is 1.18 bits per heavy atom. The molecule has 0 aliphatic heterocycles. The number of nitrogens with two attached hydrogens (primary N) is 1. The van der Waals surface area contributed by atoms with Crippen molar-refractivity contribution in [3.05, 3.63) is 35.5 Å². The molecule has 4 rings (SSSR count). The molecule has 0 atom stereocenters. The lowest BCUT2D eigenvalue weighted by Gasteiger charge is -2.16. The first-order valence-electron chi connectivity index (χ1n) is 8.09. The minimum Gasteiger partial charge on any atom is -0.384 e. The Balaban J connectivity index is 1.89. The zero-order chi connectivity index (χ0) is 15.3. The third kappa shape index (κ3) is 1.86. The van der Waals surface area contributed by atoms with Gasteiger partial charge < -0.3 is 15.3 Å². The van der Waals surface area contributed by atoms with E-state index >= 15 is 0 Å². The number of nitrogens with zero attached hydrogens (tertiary/aromatic N) is 2. The first-order valence-corrected chi connectivity index (χ1v) is 8.09. The van der Waals surface area contributed by atoms with Crippen molar-refractivity contribution in [1.82, 2.24) is 14.5 Å². The molecule has 2 aromatic heterocycles. The number of nitrogens with one attached hydrogen (secondary N) is 1. The van der Waals surface area contributed by atoms with Crippen molar-refractivity contribution >= 4 is 16.9 Å². The standard InChI is InChI=1S/C18H22N4/c1-11-12(2)22(13-7-3-4-8-13)17(19)16(11)18-20-14-9-5-6-10-15(14)21-18/h5-6,9-10,13H,3-4,7-8,19H2,1-2H3,(H,20,21). The number of imidazole rings is 1. The molecule has 0 amide bonds. The quantitative estimate of drug-likeness (QED) is 0.738. The topological polar surface area (TPSA) is 59.6 Å². The number of para-hydroxylation sites is 2. The van der Waals surface area contributed by atoms with E-state index in [9.17, 15) is 0 Å². The van der Waals surface area contributed by atoms with Crippen LogP contribution in [0.25, 0.3) is 22.4 Å². The van der Waals surface area contributed by atoms with Crippen LogP contribution >= 0.6 is 0 Å². The van der Waals surface area contributed by atoms with E-state index < -0.39 is 0 Å². The Hall–Kier alpha value is -2.23. The minimum absolute atomic E-state index is 0.553. The molecule has 0 bridgehead atoms. The lowest BCUT2D eigenvalue weighted by molar-refractivity contribution is 0.516. The van der Waals surface area contributed by atoms with Gasteiger partial charge in [-0.1, -0.05) is 25.0 Å². The molecule has 3 N–H and O–H groups in total. The Morgan fingerprint density at radius 3 is 2.64 bits per heavy atom. The van der Waals surface area contributed by atoms with Gasteiger partial charge in [-0.25, -0.2) is 4.98 Å². The highest BCUT2D eigenvalue weighted by Crippen LogP contribution is 2.40. The van der Waals surface area contributed by atoms with E-state index in [1.807, 2.05) is 18.2 Å². The molecular weight excluding hydrogens is 272 g/mol. The van der Waals surface area contributed by atoms with Crippen LogP contribution in [-0.4, -0.2) is 14.5 Å². The highest BCUT2D eigenvalue weighted by Gasteiger charge is 2.25. The van der Waals surface area contributed by atoms with Gasteiger partial charge in [0.25, 0.3) is 0 Å². The maximum absolute atomic E-state index is 6.54. The van der Waals surface area contributed by atoms with Crippen LogP contribution in [0, 0.1) is 13.8 Å². The number of benzene rings is 1. The highest BCUT2D eigenvalue weighted by atomic mass is 15.1. The number of fused-ring (bicyclic) bond motifs is 1. The molecule has 22 heavy (non-hydrogen) atoms. The average Bonchev–Trinajstić information content (AvgIpc) is 3.19. The molecule has 0 radical (unpaired) electrons. The van der Waals surface area contributed by atoms with Crippen LogP contribution in [0.15, 0.2) is 24.3 Å². The Bertz CT molecular complexity index is 801. The third-order valence-corrected chi connectivity index (χ3v) is 5.11. The van der Waals surface area contributed by atoms with E-state index in [-0.39, 0.29) is 0 Å². The van der Waals surface area contributed by atoms with Gasteiger partial charge in [0.1, 0.15) is 11.6 Å². The Morgan fingerprint density at radius 2 is 1.91 bits per heavy atom. The molecule has 2 heterocycles. The van der Waals surface area contributed by atoms with E-state index in [0.717, 1.165) is 28.2 Å². The van der Waals surface area contributed by atoms with E-state index in [1.54, 1.807) is 0 Å². The van der Waals surface area contributed by atoms with Gasteiger partial charge in [0.15, 0.2) is 0 Å². The van der Waals surface area contributed by atoms with E-state index in [1.165, 1.54) is 36.9 Å². The van der Waals surface area contributed by atoms with Gasteiger partial charge in [-0.05, 0) is 44.4 Å². The number of hydrogen-bond donors (Lipinski definition) is 2. The summed E-state index contributed by atoms with van der Waals surface area (Å²) in [6, 6.07) is 8.67. The SMILES string of the molecule is Cc1c(-c2nc3ccccc3[nH]2)c(N)n(C2CCCC2)c1C. The molecule has 4 heteroatoms. The number of aromatic amines is 1. The van der Waals surface area contributed by atoms with Crippen molar-refractivity contribution in [3.8, 4) is 11.4 Å². The summed E-state index contributed by atoms with van der Waals surface area (Å²) in [6.45, 7) is 4.33. The largest absolute Gasteiger partial charge is 0.384 e. The van der Waals surface area contributed by atoms with Gasteiger partial charge in [-0.3, -0.25) is 0 Å². The molecular formula is C18H22N4. The van der Waals surface area contributed by atoms with Crippen molar-refractivity contribution in [2.45, 2.75) is 45.6 Å². The van der Waals surface area contributed by atoms with Gasteiger partial charge in [-0.15, -0.1) is 0 Å². The van der Waals surface area contributed by atoms with E-state index in [0.29, 0.717) is 6.04 Å². The molecule has 0 unspecified atom stereocenters. The number of H-pyrrole nitrogens is 1. The second-order valence-corrected chi connectivity index (χ2v) is 6.38. The highest BCUT2D eigenvalue weighted by molar-refractivity contribution is 5.83. The number of anilines is 1. The van der Waals surface area contributed by atoms with Crippen molar-refractivity contribution in [3.63, 3.8) is 0 Å². The summed E-state index contributed by atoms with van der Waals surface area (Å²) in [5.74, 6) is 1.75. The average molecular weight is 294 g/mol. The smallest absolute Gasteiger partial charge is 0.142 e. The number of rotatable bonds is 2. The van der Waals surface area contributed by atoms with Crippen LogP contribution in [0.3, 0.4) is 0 Å². The number of hydrogen-bond acceptors (Lipinski definition) is 2. The van der Waals surface area contributed by atoms with Crippen LogP contribution in [0.2, 0.25) is 0 Å². The lowest BCUT2D eigenvalue weighted by atomic mass is 10.1. The number of nitrogen functional groups attached to an aromatic ring is 1.